The normalized spacial score (nSPS) is 11.2. The number of carboxylic acids is 1. The summed E-state index contributed by atoms with van der Waals surface area (Å²) in [5, 5.41) is 8.77. The summed E-state index contributed by atoms with van der Waals surface area (Å²) in [6.07, 6.45) is 2.38. The molecule has 16 heavy (non-hydrogen) atoms. The van der Waals surface area contributed by atoms with Crippen molar-refractivity contribution in [3.63, 3.8) is 0 Å². The van der Waals surface area contributed by atoms with E-state index in [-0.39, 0.29) is 11.1 Å². The van der Waals surface area contributed by atoms with Gasteiger partial charge < -0.3 is 10.0 Å². The maximum Gasteiger partial charge on any atom is 0.337 e. The molecule has 0 aliphatic carbocycles. The van der Waals surface area contributed by atoms with E-state index >= 15 is 0 Å². The molecule has 1 rings (SSSR count). The van der Waals surface area contributed by atoms with Crippen LogP contribution in [0.1, 0.15) is 37.6 Å². The maximum absolute atomic E-state index is 10.7. The second-order valence-corrected chi connectivity index (χ2v) is 4.44. The van der Waals surface area contributed by atoms with Crippen LogP contribution >= 0.6 is 0 Å². The summed E-state index contributed by atoms with van der Waals surface area (Å²) in [6.45, 7) is 6.36. The highest BCUT2D eigenvalue weighted by molar-refractivity contribution is 5.87. The topological polar surface area (TPSA) is 53.4 Å². The highest BCUT2D eigenvalue weighted by atomic mass is 16.4. The Labute approximate surface area is 95.9 Å². The van der Waals surface area contributed by atoms with Crippen LogP contribution in [0.25, 0.3) is 0 Å². The van der Waals surface area contributed by atoms with Gasteiger partial charge in [-0.05, 0) is 32.4 Å². The van der Waals surface area contributed by atoms with Gasteiger partial charge >= 0.3 is 5.97 Å². The first kappa shape index (κ1) is 12.5. The number of hydrogen-bond acceptors (Lipinski definition) is 3. The van der Waals surface area contributed by atoms with E-state index in [9.17, 15) is 4.79 Å². The average molecular weight is 222 g/mol. The zero-order valence-corrected chi connectivity index (χ0v) is 10.2. The molecule has 0 radical (unpaired) electrons. The Balaban J connectivity index is 2.94. The van der Waals surface area contributed by atoms with Gasteiger partial charge in [0.25, 0.3) is 0 Å². The predicted octanol–water partition coefficient (Wildman–Crippen LogP) is 2.40. The number of carboxylic acid groups (broad SMARTS) is 1. The third kappa shape index (κ3) is 2.51. The summed E-state index contributed by atoms with van der Waals surface area (Å²) < 4.78 is 0. The monoisotopic (exact) mass is 222 g/mol. The maximum atomic E-state index is 10.7. The van der Waals surface area contributed by atoms with E-state index in [1.807, 2.05) is 7.05 Å². The molecule has 4 heteroatoms. The quantitative estimate of drug-likeness (QED) is 0.850. The summed E-state index contributed by atoms with van der Waals surface area (Å²) in [5.41, 5.74) is 0.226. The molecular formula is C12H18N2O2. The molecule has 1 aromatic heterocycles. The molecule has 0 saturated carbocycles. The molecule has 0 atom stereocenters. The Morgan fingerprint density at radius 2 is 2.12 bits per heavy atom. The third-order valence-electron chi connectivity index (χ3n) is 3.11. The molecule has 0 fully saturated rings. The fraction of sp³-hybridized carbons (Fsp3) is 0.500. The molecular weight excluding hydrogens is 204 g/mol. The van der Waals surface area contributed by atoms with Crippen LogP contribution in [0.2, 0.25) is 0 Å². The predicted molar refractivity (Wildman–Crippen MR) is 64.0 cm³/mol. The highest BCUT2D eigenvalue weighted by Gasteiger charge is 2.22. The number of rotatable bonds is 4. The first-order valence-corrected chi connectivity index (χ1v) is 5.31. The van der Waals surface area contributed by atoms with Crippen molar-refractivity contribution in [3.8, 4) is 0 Å². The Morgan fingerprint density at radius 3 is 2.50 bits per heavy atom. The van der Waals surface area contributed by atoms with Crippen LogP contribution in [0.3, 0.4) is 0 Å². The van der Waals surface area contributed by atoms with Crippen molar-refractivity contribution in [1.29, 1.82) is 0 Å². The van der Waals surface area contributed by atoms with Crippen molar-refractivity contribution in [2.75, 3.05) is 11.9 Å². The number of aromatic carboxylic acids is 1. The molecule has 0 unspecified atom stereocenters. The summed E-state index contributed by atoms with van der Waals surface area (Å²) in [5.74, 6) is -0.159. The van der Waals surface area contributed by atoms with Gasteiger partial charge in [-0.2, -0.15) is 0 Å². The smallest absolute Gasteiger partial charge is 0.337 e. The van der Waals surface area contributed by atoms with Gasteiger partial charge in [0.05, 0.1) is 5.56 Å². The van der Waals surface area contributed by atoms with Crippen molar-refractivity contribution in [3.05, 3.63) is 23.9 Å². The van der Waals surface area contributed by atoms with Crippen LogP contribution in [-0.4, -0.2) is 28.6 Å². The fourth-order valence-corrected chi connectivity index (χ4v) is 1.26. The molecule has 0 aromatic carbocycles. The van der Waals surface area contributed by atoms with Crippen LogP contribution in [0.4, 0.5) is 5.82 Å². The molecule has 4 nitrogen and oxygen atoms in total. The van der Waals surface area contributed by atoms with E-state index in [0.29, 0.717) is 0 Å². The molecule has 0 amide bonds. The lowest BCUT2D eigenvalue weighted by atomic mass is 10.00. The lowest BCUT2D eigenvalue weighted by molar-refractivity contribution is 0.0696. The van der Waals surface area contributed by atoms with Gasteiger partial charge in [-0.25, -0.2) is 9.78 Å². The zero-order chi connectivity index (χ0) is 12.3. The molecule has 1 aromatic rings. The first-order chi connectivity index (χ1) is 7.38. The number of anilines is 1. The van der Waals surface area contributed by atoms with Crippen molar-refractivity contribution in [2.45, 2.75) is 32.7 Å². The van der Waals surface area contributed by atoms with E-state index in [2.05, 4.69) is 30.7 Å². The minimum absolute atomic E-state index is 0.0116. The molecule has 1 N–H and O–H groups in total. The Morgan fingerprint density at radius 1 is 1.50 bits per heavy atom. The number of carbonyl (C=O) groups is 1. The van der Waals surface area contributed by atoms with Crippen LogP contribution < -0.4 is 4.90 Å². The molecule has 0 aliphatic rings. The first-order valence-electron chi connectivity index (χ1n) is 5.31. The van der Waals surface area contributed by atoms with Gasteiger partial charge in [-0.3, -0.25) is 0 Å². The Bertz CT molecular complexity index is 371. The minimum atomic E-state index is -0.948. The van der Waals surface area contributed by atoms with Crippen molar-refractivity contribution >= 4 is 11.8 Å². The highest BCUT2D eigenvalue weighted by Crippen LogP contribution is 2.22. The lowest BCUT2D eigenvalue weighted by Crippen LogP contribution is -2.41. The summed E-state index contributed by atoms with van der Waals surface area (Å²) in [6, 6.07) is 3.31. The van der Waals surface area contributed by atoms with Gasteiger partial charge in [0.2, 0.25) is 0 Å². The van der Waals surface area contributed by atoms with Gasteiger partial charge in [-0.1, -0.05) is 6.92 Å². The molecule has 0 spiro atoms. The van der Waals surface area contributed by atoms with Gasteiger partial charge in [0.1, 0.15) is 5.82 Å². The van der Waals surface area contributed by atoms with E-state index < -0.39 is 5.97 Å². The van der Waals surface area contributed by atoms with Crippen molar-refractivity contribution in [2.24, 2.45) is 0 Å². The van der Waals surface area contributed by atoms with E-state index in [1.54, 1.807) is 12.1 Å². The second-order valence-electron chi connectivity index (χ2n) is 4.44. The fourth-order valence-electron chi connectivity index (χ4n) is 1.26. The summed E-state index contributed by atoms with van der Waals surface area (Å²) in [4.78, 5) is 16.9. The molecule has 1 heterocycles. The number of pyridine rings is 1. The van der Waals surface area contributed by atoms with Gasteiger partial charge in [-0.15, -0.1) is 0 Å². The molecule has 0 aliphatic heterocycles. The Hall–Kier alpha value is -1.58. The van der Waals surface area contributed by atoms with E-state index in [4.69, 9.17) is 5.11 Å². The number of hydrogen-bond donors (Lipinski definition) is 1. The number of aromatic nitrogens is 1. The molecule has 0 saturated heterocycles. The largest absolute Gasteiger partial charge is 0.478 e. The Kier molecular flexibility index (Phi) is 3.52. The SMILES string of the molecule is CCC(C)(C)N(C)c1ccc(C(=O)O)cn1. The van der Waals surface area contributed by atoms with Crippen LogP contribution in [-0.2, 0) is 0 Å². The summed E-state index contributed by atoms with van der Waals surface area (Å²) in [7, 11) is 1.96. The minimum Gasteiger partial charge on any atom is -0.478 e. The second kappa shape index (κ2) is 4.51. The van der Waals surface area contributed by atoms with Gasteiger partial charge in [0.15, 0.2) is 0 Å². The van der Waals surface area contributed by atoms with E-state index in [1.165, 1.54) is 6.20 Å². The molecule has 88 valence electrons. The van der Waals surface area contributed by atoms with Gasteiger partial charge in [0, 0.05) is 18.8 Å². The van der Waals surface area contributed by atoms with Crippen molar-refractivity contribution in [1.82, 2.24) is 4.98 Å². The standard InChI is InChI=1S/C12H18N2O2/c1-5-12(2,3)14(4)10-7-6-9(8-13-10)11(15)16/h6-8H,5H2,1-4H3,(H,15,16). The van der Waals surface area contributed by atoms with Crippen LogP contribution in [0, 0.1) is 0 Å². The van der Waals surface area contributed by atoms with Crippen LogP contribution in [0.5, 0.6) is 0 Å². The average Bonchev–Trinajstić information content (AvgIpc) is 2.28. The summed E-state index contributed by atoms with van der Waals surface area (Å²) >= 11 is 0. The molecule has 0 bridgehead atoms. The lowest BCUT2D eigenvalue weighted by Gasteiger charge is -2.35. The third-order valence-corrected chi connectivity index (χ3v) is 3.11. The van der Waals surface area contributed by atoms with Crippen LogP contribution in [0.15, 0.2) is 18.3 Å². The van der Waals surface area contributed by atoms with Crippen molar-refractivity contribution < 1.29 is 9.90 Å². The number of nitrogens with zero attached hydrogens (tertiary/aromatic N) is 2. The zero-order valence-electron chi connectivity index (χ0n) is 10.2. The van der Waals surface area contributed by atoms with E-state index in [0.717, 1.165) is 12.2 Å².